The van der Waals surface area contributed by atoms with E-state index in [4.69, 9.17) is 9.47 Å². The number of ether oxygens (including phenoxy) is 2. The molecule has 19 heavy (non-hydrogen) atoms. The molecule has 108 valence electrons. The largest absolute Gasteiger partial charge is 0.498 e. The number of allylic oxidation sites excluding steroid dienone is 4. The summed E-state index contributed by atoms with van der Waals surface area (Å²) in [5.41, 5.74) is 1.26. The second-order valence-electron chi connectivity index (χ2n) is 4.66. The lowest BCUT2D eigenvalue weighted by Crippen LogP contribution is -2.01. The first kappa shape index (κ1) is 17.5. The molecule has 0 aliphatic rings. The lowest BCUT2D eigenvalue weighted by atomic mass is 10.2. The van der Waals surface area contributed by atoms with Gasteiger partial charge in [0.15, 0.2) is 0 Å². The average Bonchev–Trinajstić information content (AvgIpc) is 2.38. The fourth-order valence-corrected chi connectivity index (χ4v) is 1.35. The van der Waals surface area contributed by atoms with E-state index in [1.54, 1.807) is 0 Å². The molecule has 3 heteroatoms. The molecule has 0 aromatic heterocycles. The summed E-state index contributed by atoms with van der Waals surface area (Å²) in [5.74, 6) is 0.601. The Bertz CT molecular complexity index is 323. The van der Waals surface area contributed by atoms with Crippen LogP contribution in [0.15, 0.2) is 36.1 Å². The summed E-state index contributed by atoms with van der Waals surface area (Å²) in [5, 5.41) is 0. The van der Waals surface area contributed by atoms with Gasteiger partial charge in [0.05, 0.1) is 19.0 Å². The molecule has 0 N–H and O–H groups in total. The summed E-state index contributed by atoms with van der Waals surface area (Å²) in [7, 11) is 0. The summed E-state index contributed by atoms with van der Waals surface area (Å²) in [6.07, 6.45) is 9.27. The van der Waals surface area contributed by atoms with Crippen molar-refractivity contribution < 1.29 is 14.3 Å². The standard InChI is InChI=1S/C16H26O3/c1-5-16(17)19-13-9-7-6-8-12-18-15(4)11-10-14(2)3/h5,10-11H,1,6-9,12-13H2,2-4H3/b15-11+. The van der Waals surface area contributed by atoms with Crippen LogP contribution < -0.4 is 0 Å². The first-order valence-corrected chi connectivity index (χ1v) is 6.80. The highest BCUT2D eigenvalue weighted by molar-refractivity contribution is 5.81. The maximum atomic E-state index is 10.8. The highest BCUT2D eigenvalue weighted by atomic mass is 16.5. The number of hydrogen-bond acceptors (Lipinski definition) is 3. The molecule has 0 atom stereocenters. The molecule has 0 saturated carbocycles. The Morgan fingerprint density at radius 3 is 2.05 bits per heavy atom. The first-order valence-electron chi connectivity index (χ1n) is 6.80. The Kier molecular flexibility index (Phi) is 10.7. The van der Waals surface area contributed by atoms with Gasteiger partial charge >= 0.3 is 5.97 Å². The van der Waals surface area contributed by atoms with Gasteiger partial charge < -0.3 is 9.47 Å². The second-order valence-corrected chi connectivity index (χ2v) is 4.66. The summed E-state index contributed by atoms with van der Waals surface area (Å²) in [6, 6.07) is 0. The fraction of sp³-hybridized carbons (Fsp3) is 0.562. The third-order valence-corrected chi connectivity index (χ3v) is 2.43. The van der Waals surface area contributed by atoms with Crippen LogP contribution in [0.5, 0.6) is 0 Å². The van der Waals surface area contributed by atoms with Crippen molar-refractivity contribution in [2.24, 2.45) is 0 Å². The van der Waals surface area contributed by atoms with Crippen LogP contribution in [-0.2, 0) is 14.3 Å². The van der Waals surface area contributed by atoms with Crippen molar-refractivity contribution in [1.29, 1.82) is 0 Å². The van der Waals surface area contributed by atoms with Gasteiger partial charge in [0.2, 0.25) is 0 Å². The Balaban J connectivity index is 3.41. The lowest BCUT2D eigenvalue weighted by Gasteiger charge is -2.06. The molecule has 0 aromatic rings. The van der Waals surface area contributed by atoms with Gasteiger partial charge in [-0.3, -0.25) is 0 Å². The predicted molar refractivity (Wildman–Crippen MR) is 78.8 cm³/mol. The van der Waals surface area contributed by atoms with Crippen molar-refractivity contribution in [1.82, 2.24) is 0 Å². The van der Waals surface area contributed by atoms with Gasteiger partial charge in [-0.1, -0.05) is 18.2 Å². The van der Waals surface area contributed by atoms with E-state index in [0.717, 1.165) is 38.0 Å². The molecule has 0 radical (unpaired) electrons. The van der Waals surface area contributed by atoms with E-state index >= 15 is 0 Å². The normalized spacial score (nSPS) is 10.8. The second kappa shape index (κ2) is 11.6. The zero-order valence-corrected chi connectivity index (χ0v) is 12.4. The summed E-state index contributed by atoms with van der Waals surface area (Å²) >= 11 is 0. The molecule has 0 spiro atoms. The molecule has 0 aromatic carbocycles. The van der Waals surface area contributed by atoms with Crippen molar-refractivity contribution in [2.75, 3.05) is 13.2 Å². The van der Waals surface area contributed by atoms with E-state index in [9.17, 15) is 4.79 Å². The summed E-state index contributed by atoms with van der Waals surface area (Å²) in [4.78, 5) is 10.8. The Labute approximate surface area is 117 Å². The van der Waals surface area contributed by atoms with Gasteiger partial charge in [-0.2, -0.15) is 0 Å². The molecule has 0 bridgehead atoms. The topological polar surface area (TPSA) is 35.5 Å². The van der Waals surface area contributed by atoms with Gasteiger partial charge in [0, 0.05) is 6.08 Å². The van der Waals surface area contributed by atoms with Gasteiger partial charge in [0.1, 0.15) is 0 Å². The zero-order valence-electron chi connectivity index (χ0n) is 12.4. The highest BCUT2D eigenvalue weighted by Gasteiger charge is 1.96. The van der Waals surface area contributed by atoms with Gasteiger partial charge in [-0.05, 0) is 52.5 Å². The highest BCUT2D eigenvalue weighted by Crippen LogP contribution is 2.04. The maximum Gasteiger partial charge on any atom is 0.330 e. The maximum absolute atomic E-state index is 10.8. The van der Waals surface area contributed by atoms with Gasteiger partial charge in [-0.25, -0.2) is 4.79 Å². The zero-order chi connectivity index (χ0) is 14.5. The molecule has 3 nitrogen and oxygen atoms in total. The number of carbonyl (C=O) groups is 1. The monoisotopic (exact) mass is 266 g/mol. The quantitative estimate of drug-likeness (QED) is 0.196. The predicted octanol–water partition coefficient (Wildman–Crippen LogP) is 4.16. The average molecular weight is 266 g/mol. The number of rotatable bonds is 10. The van der Waals surface area contributed by atoms with Crippen LogP contribution in [0, 0.1) is 0 Å². The number of unbranched alkanes of at least 4 members (excludes halogenated alkanes) is 3. The van der Waals surface area contributed by atoms with E-state index in [-0.39, 0.29) is 5.97 Å². The Hall–Kier alpha value is -1.51. The van der Waals surface area contributed by atoms with Crippen molar-refractivity contribution in [2.45, 2.75) is 46.5 Å². The van der Waals surface area contributed by atoms with Crippen molar-refractivity contribution in [3.63, 3.8) is 0 Å². The third-order valence-electron chi connectivity index (χ3n) is 2.43. The van der Waals surface area contributed by atoms with Crippen LogP contribution in [0.2, 0.25) is 0 Å². The van der Waals surface area contributed by atoms with Crippen molar-refractivity contribution in [3.8, 4) is 0 Å². The number of esters is 1. The molecule has 0 unspecified atom stereocenters. The van der Waals surface area contributed by atoms with Crippen LogP contribution in [0.4, 0.5) is 0 Å². The van der Waals surface area contributed by atoms with Gasteiger partial charge in [0.25, 0.3) is 0 Å². The van der Waals surface area contributed by atoms with Crippen molar-refractivity contribution >= 4 is 5.97 Å². The van der Waals surface area contributed by atoms with Crippen LogP contribution >= 0.6 is 0 Å². The van der Waals surface area contributed by atoms with E-state index in [2.05, 4.69) is 20.4 Å². The molecule has 0 saturated heterocycles. The Morgan fingerprint density at radius 2 is 1.53 bits per heavy atom. The van der Waals surface area contributed by atoms with E-state index in [1.165, 1.54) is 11.6 Å². The minimum absolute atomic E-state index is 0.344. The van der Waals surface area contributed by atoms with Crippen molar-refractivity contribution in [3.05, 3.63) is 36.1 Å². The van der Waals surface area contributed by atoms with Crippen LogP contribution in [0.1, 0.15) is 46.5 Å². The SMILES string of the molecule is C=CC(=O)OCCCCCCO/C(C)=C/C=C(C)C. The first-order chi connectivity index (χ1) is 9.06. The third kappa shape index (κ3) is 12.7. The van der Waals surface area contributed by atoms with Gasteiger partial charge in [-0.15, -0.1) is 0 Å². The minimum Gasteiger partial charge on any atom is -0.498 e. The molecule has 0 fully saturated rings. The molecular weight excluding hydrogens is 240 g/mol. The van der Waals surface area contributed by atoms with Crippen LogP contribution in [-0.4, -0.2) is 19.2 Å². The smallest absolute Gasteiger partial charge is 0.330 e. The lowest BCUT2D eigenvalue weighted by molar-refractivity contribution is -0.137. The van der Waals surface area contributed by atoms with Crippen LogP contribution in [0.3, 0.4) is 0 Å². The summed E-state index contributed by atoms with van der Waals surface area (Å²) in [6.45, 7) is 10.6. The minimum atomic E-state index is -0.344. The van der Waals surface area contributed by atoms with Crippen LogP contribution in [0.25, 0.3) is 0 Å². The molecular formula is C16H26O3. The van der Waals surface area contributed by atoms with E-state index in [0.29, 0.717) is 6.61 Å². The van der Waals surface area contributed by atoms with E-state index in [1.807, 2.05) is 19.1 Å². The molecule has 0 aliphatic heterocycles. The molecule has 0 aliphatic carbocycles. The fourth-order valence-electron chi connectivity index (χ4n) is 1.35. The number of hydrogen-bond donors (Lipinski definition) is 0. The Morgan fingerprint density at radius 1 is 0.947 bits per heavy atom. The van der Waals surface area contributed by atoms with E-state index < -0.39 is 0 Å². The molecule has 0 heterocycles. The summed E-state index contributed by atoms with van der Waals surface area (Å²) < 4.78 is 10.5. The molecule has 0 rings (SSSR count). The molecule has 0 amide bonds. The number of carbonyl (C=O) groups excluding carboxylic acids is 1.